The first-order valence-corrected chi connectivity index (χ1v) is 7.71. The molecular weight excluding hydrogens is 292 g/mol. The van der Waals surface area contributed by atoms with Gasteiger partial charge in [0.1, 0.15) is 17.4 Å². The minimum Gasteiger partial charge on any atom is -0.497 e. The van der Waals surface area contributed by atoms with Crippen LogP contribution in [0.25, 0.3) is 0 Å². The van der Waals surface area contributed by atoms with Crippen molar-refractivity contribution in [3.8, 4) is 5.75 Å². The van der Waals surface area contributed by atoms with E-state index in [0.717, 1.165) is 16.2 Å². The molecule has 0 aliphatic rings. The summed E-state index contributed by atoms with van der Waals surface area (Å²) in [6.45, 7) is 4.68. The van der Waals surface area contributed by atoms with E-state index in [9.17, 15) is 8.78 Å². The highest BCUT2D eigenvalue weighted by Crippen LogP contribution is 2.33. The van der Waals surface area contributed by atoms with Gasteiger partial charge in [0, 0.05) is 27.5 Å². The summed E-state index contributed by atoms with van der Waals surface area (Å²) < 4.78 is 33.5. The van der Waals surface area contributed by atoms with E-state index in [1.54, 1.807) is 11.3 Å². The molecule has 0 spiro atoms. The zero-order valence-corrected chi connectivity index (χ0v) is 13.2. The van der Waals surface area contributed by atoms with Crippen LogP contribution in [0.5, 0.6) is 5.75 Å². The summed E-state index contributed by atoms with van der Waals surface area (Å²) in [4.78, 5) is 2.02. The first-order valence-electron chi connectivity index (χ1n) is 6.89. The molecule has 114 valence electrons. The fourth-order valence-electron chi connectivity index (χ4n) is 2.20. The average Bonchev–Trinajstić information content (AvgIpc) is 2.87. The van der Waals surface area contributed by atoms with Gasteiger partial charge in [-0.05, 0) is 32.0 Å². The summed E-state index contributed by atoms with van der Waals surface area (Å²) in [5.41, 5.74) is 0.0473. The predicted octanol–water partition coefficient (Wildman–Crippen LogP) is 4.43. The largest absolute Gasteiger partial charge is 0.497 e. The third-order valence-electron chi connectivity index (χ3n) is 3.22. The molecule has 1 heterocycles. The van der Waals surface area contributed by atoms with Gasteiger partial charge in [0.25, 0.3) is 0 Å². The van der Waals surface area contributed by atoms with Crippen LogP contribution in [0.1, 0.15) is 34.7 Å². The maximum Gasteiger partial charge on any atom is 0.134 e. The van der Waals surface area contributed by atoms with Gasteiger partial charge in [-0.2, -0.15) is 0 Å². The smallest absolute Gasteiger partial charge is 0.134 e. The fraction of sp³-hybridized carbons (Fsp3) is 0.375. The first kappa shape index (κ1) is 15.9. The second kappa shape index (κ2) is 7.00. The number of ether oxygens (including phenoxy) is 1. The Labute approximate surface area is 127 Å². The van der Waals surface area contributed by atoms with Crippen molar-refractivity contribution in [2.45, 2.75) is 26.3 Å². The van der Waals surface area contributed by atoms with Crippen LogP contribution >= 0.6 is 11.3 Å². The Balaban J connectivity index is 2.46. The lowest BCUT2D eigenvalue weighted by atomic mass is 10.0. The summed E-state index contributed by atoms with van der Waals surface area (Å²) in [7, 11) is 1.39. The maximum absolute atomic E-state index is 14.3. The normalized spacial score (nSPS) is 12.4. The lowest BCUT2D eigenvalue weighted by Gasteiger charge is -2.19. The zero-order valence-electron chi connectivity index (χ0n) is 12.4. The van der Waals surface area contributed by atoms with Crippen LogP contribution in [-0.4, -0.2) is 13.7 Å². The molecule has 1 N–H and O–H groups in total. The first-order chi connectivity index (χ1) is 10.1. The molecule has 0 saturated carbocycles. The van der Waals surface area contributed by atoms with Gasteiger partial charge in [-0.15, -0.1) is 11.3 Å². The Morgan fingerprint density at radius 2 is 1.90 bits per heavy atom. The number of hydrogen-bond donors (Lipinski definition) is 1. The zero-order chi connectivity index (χ0) is 15.4. The molecule has 1 aromatic heterocycles. The standard InChI is InChI=1S/C16H19F2NOS/c1-4-7-19-16(14-6-5-10(2)21-14)15-12(17)8-11(20-3)9-13(15)18/h5-6,8-9,16,19H,4,7H2,1-3H3. The van der Waals surface area contributed by atoms with Crippen LogP contribution in [0.2, 0.25) is 0 Å². The highest BCUT2D eigenvalue weighted by Gasteiger charge is 2.23. The molecule has 2 rings (SSSR count). The lowest BCUT2D eigenvalue weighted by molar-refractivity contribution is 0.403. The van der Waals surface area contributed by atoms with Crippen molar-refractivity contribution in [1.29, 1.82) is 0 Å². The quantitative estimate of drug-likeness (QED) is 0.852. The van der Waals surface area contributed by atoms with Gasteiger partial charge in [0.2, 0.25) is 0 Å². The third kappa shape index (κ3) is 3.60. The topological polar surface area (TPSA) is 21.3 Å². The molecule has 0 radical (unpaired) electrons. The van der Waals surface area contributed by atoms with Crippen molar-refractivity contribution in [2.24, 2.45) is 0 Å². The Hall–Kier alpha value is -1.46. The van der Waals surface area contributed by atoms with Crippen molar-refractivity contribution in [3.63, 3.8) is 0 Å². The van der Waals surface area contributed by atoms with Gasteiger partial charge >= 0.3 is 0 Å². The van der Waals surface area contributed by atoms with Crippen LogP contribution in [0.4, 0.5) is 8.78 Å². The highest BCUT2D eigenvalue weighted by atomic mass is 32.1. The summed E-state index contributed by atoms with van der Waals surface area (Å²) in [6, 6.07) is 5.84. The van der Waals surface area contributed by atoms with E-state index in [0.29, 0.717) is 6.54 Å². The number of halogens is 2. The molecule has 0 saturated heterocycles. The van der Waals surface area contributed by atoms with Crippen molar-refractivity contribution in [3.05, 3.63) is 51.2 Å². The fourth-order valence-corrected chi connectivity index (χ4v) is 3.16. The van der Waals surface area contributed by atoms with E-state index in [1.807, 2.05) is 26.0 Å². The minimum absolute atomic E-state index is 0.0473. The molecule has 0 fully saturated rings. The summed E-state index contributed by atoms with van der Waals surface area (Å²) >= 11 is 1.54. The van der Waals surface area contributed by atoms with E-state index >= 15 is 0 Å². The second-order valence-corrected chi connectivity index (χ2v) is 6.16. The number of aryl methyl sites for hydroxylation is 1. The van der Waals surface area contributed by atoms with Crippen LogP contribution in [0.15, 0.2) is 24.3 Å². The Morgan fingerprint density at radius 3 is 2.38 bits per heavy atom. The SMILES string of the molecule is CCCNC(c1ccc(C)s1)c1c(F)cc(OC)cc1F. The summed E-state index contributed by atoms with van der Waals surface area (Å²) in [6.07, 6.45) is 0.889. The Bertz CT molecular complexity index is 589. The molecule has 0 aliphatic carbocycles. The van der Waals surface area contributed by atoms with E-state index in [-0.39, 0.29) is 11.3 Å². The van der Waals surface area contributed by atoms with E-state index in [2.05, 4.69) is 5.32 Å². The number of hydrogen-bond acceptors (Lipinski definition) is 3. The summed E-state index contributed by atoms with van der Waals surface area (Å²) in [5, 5.41) is 3.22. The van der Waals surface area contributed by atoms with Gasteiger partial charge < -0.3 is 10.1 Å². The monoisotopic (exact) mass is 311 g/mol. The molecule has 1 atom stereocenters. The molecular formula is C16H19F2NOS. The Morgan fingerprint density at radius 1 is 1.24 bits per heavy atom. The maximum atomic E-state index is 14.3. The van der Waals surface area contributed by atoms with Crippen LogP contribution in [-0.2, 0) is 0 Å². The lowest BCUT2D eigenvalue weighted by Crippen LogP contribution is -2.24. The predicted molar refractivity (Wildman–Crippen MR) is 82.1 cm³/mol. The minimum atomic E-state index is -0.591. The molecule has 0 bridgehead atoms. The van der Waals surface area contributed by atoms with E-state index in [4.69, 9.17) is 4.74 Å². The molecule has 1 aromatic carbocycles. The molecule has 0 amide bonds. The molecule has 1 unspecified atom stereocenters. The van der Waals surface area contributed by atoms with Crippen LogP contribution < -0.4 is 10.1 Å². The molecule has 5 heteroatoms. The van der Waals surface area contributed by atoms with Gasteiger partial charge in [0.15, 0.2) is 0 Å². The van der Waals surface area contributed by atoms with Gasteiger partial charge in [-0.25, -0.2) is 8.78 Å². The van der Waals surface area contributed by atoms with E-state index < -0.39 is 17.7 Å². The Kier molecular flexibility index (Phi) is 5.31. The van der Waals surface area contributed by atoms with Gasteiger partial charge in [-0.3, -0.25) is 0 Å². The van der Waals surface area contributed by atoms with Crippen molar-refractivity contribution >= 4 is 11.3 Å². The number of rotatable bonds is 6. The van der Waals surface area contributed by atoms with Crippen LogP contribution in [0.3, 0.4) is 0 Å². The third-order valence-corrected chi connectivity index (χ3v) is 4.29. The number of methoxy groups -OCH3 is 1. The van der Waals surface area contributed by atoms with Crippen molar-refractivity contribution < 1.29 is 13.5 Å². The molecule has 0 aliphatic heterocycles. The van der Waals surface area contributed by atoms with E-state index in [1.165, 1.54) is 19.2 Å². The molecule has 2 nitrogen and oxygen atoms in total. The second-order valence-electron chi connectivity index (χ2n) is 4.84. The van der Waals surface area contributed by atoms with Crippen molar-refractivity contribution in [2.75, 3.05) is 13.7 Å². The molecule has 21 heavy (non-hydrogen) atoms. The number of thiophene rings is 1. The van der Waals surface area contributed by atoms with Gasteiger partial charge in [-0.1, -0.05) is 6.92 Å². The van der Waals surface area contributed by atoms with Gasteiger partial charge in [0.05, 0.1) is 13.2 Å². The molecule has 2 aromatic rings. The number of nitrogens with one attached hydrogen (secondary N) is 1. The van der Waals surface area contributed by atoms with Crippen LogP contribution in [0, 0.1) is 18.6 Å². The summed E-state index contributed by atoms with van der Waals surface area (Å²) in [5.74, 6) is -0.997. The number of benzene rings is 1. The average molecular weight is 311 g/mol. The highest BCUT2D eigenvalue weighted by molar-refractivity contribution is 7.12. The van der Waals surface area contributed by atoms with Crippen molar-refractivity contribution in [1.82, 2.24) is 5.32 Å².